The third kappa shape index (κ3) is 2.66. The number of hydrogen-bond donors (Lipinski definition) is 0. The molecule has 0 saturated carbocycles. The summed E-state index contributed by atoms with van der Waals surface area (Å²) in [7, 11) is 0. The van der Waals surface area contributed by atoms with Crippen LogP contribution < -0.4 is 4.74 Å². The Bertz CT molecular complexity index is 526. The number of oxime groups is 1. The van der Waals surface area contributed by atoms with E-state index < -0.39 is 5.97 Å². The molecule has 0 saturated heterocycles. The molecule has 2 rings (SSSR count). The highest BCUT2D eigenvalue weighted by Crippen LogP contribution is 2.18. The molecule has 0 atom stereocenters. The molecule has 1 aliphatic heterocycles. The van der Waals surface area contributed by atoms with Gasteiger partial charge in [-0.25, -0.2) is 4.79 Å². The lowest BCUT2D eigenvalue weighted by atomic mass is 10.1. The van der Waals surface area contributed by atoms with Crippen LogP contribution in [0.4, 0.5) is 0 Å². The van der Waals surface area contributed by atoms with E-state index in [1.807, 2.05) is 24.3 Å². The van der Waals surface area contributed by atoms with Crippen molar-refractivity contribution < 1.29 is 14.4 Å². The Morgan fingerprint density at radius 2 is 2.11 bits per heavy atom. The van der Waals surface area contributed by atoms with Crippen molar-refractivity contribution in [2.45, 2.75) is 6.92 Å². The molecule has 4 nitrogen and oxygen atoms in total. The van der Waals surface area contributed by atoms with Gasteiger partial charge >= 0.3 is 5.97 Å². The molecular formula is C14H13NO3. The lowest BCUT2D eigenvalue weighted by molar-refractivity contribution is -0.136. The smallest absolute Gasteiger partial charge is 0.367 e. The van der Waals surface area contributed by atoms with Crippen molar-refractivity contribution in [3.05, 3.63) is 48.1 Å². The Kier molecular flexibility index (Phi) is 3.57. The number of benzene rings is 1. The van der Waals surface area contributed by atoms with Crippen molar-refractivity contribution in [2.75, 3.05) is 6.61 Å². The predicted octanol–water partition coefficient (Wildman–Crippen LogP) is 2.57. The summed E-state index contributed by atoms with van der Waals surface area (Å²) in [4.78, 5) is 15.9. The maximum Gasteiger partial charge on any atom is 0.367 e. The zero-order valence-corrected chi connectivity index (χ0v) is 10.1. The number of carbonyl (C=O) groups is 1. The van der Waals surface area contributed by atoms with E-state index in [1.165, 1.54) is 0 Å². The molecule has 0 fully saturated rings. The minimum atomic E-state index is -0.417. The molecule has 0 amide bonds. The van der Waals surface area contributed by atoms with Crippen molar-refractivity contribution in [1.29, 1.82) is 0 Å². The van der Waals surface area contributed by atoms with Crippen LogP contribution in [0.15, 0.2) is 47.6 Å². The number of hydrogen-bond acceptors (Lipinski definition) is 4. The van der Waals surface area contributed by atoms with Crippen molar-refractivity contribution >= 4 is 17.8 Å². The van der Waals surface area contributed by atoms with Gasteiger partial charge in [-0.15, -0.1) is 0 Å². The third-order valence-electron chi connectivity index (χ3n) is 2.43. The number of nitrogens with zero attached hydrogens (tertiary/aromatic N) is 1. The van der Waals surface area contributed by atoms with Crippen LogP contribution in [0.1, 0.15) is 12.5 Å². The van der Waals surface area contributed by atoms with Gasteiger partial charge in [0.1, 0.15) is 12.4 Å². The standard InChI is InChI=1S/C14H13NO3/c1-3-8-17-12-6-4-11(5-7-12)9-13-10(2)15-18-14(13)16/h3-7,9H,1,8H2,2H3/b13-9+. The molecule has 0 N–H and O–H groups in total. The highest BCUT2D eigenvalue weighted by molar-refractivity contribution is 6.24. The van der Waals surface area contributed by atoms with Crippen molar-refractivity contribution in [3.8, 4) is 5.75 Å². The molecule has 1 heterocycles. The normalized spacial score (nSPS) is 16.4. The van der Waals surface area contributed by atoms with E-state index in [0.29, 0.717) is 17.9 Å². The van der Waals surface area contributed by atoms with Crippen molar-refractivity contribution in [2.24, 2.45) is 5.16 Å². The van der Waals surface area contributed by atoms with Gasteiger partial charge in [0.15, 0.2) is 0 Å². The van der Waals surface area contributed by atoms with Gasteiger partial charge in [-0.1, -0.05) is 29.9 Å². The van der Waals surface area contributed by atoms with Crippen LogP contribution in [0.25, 0.3) is 6.08 Å². The van der Waals surface area contributed by atoms with Crippen molar-refractivity contribution in [3.63, 3.8) is 0 Å². The Morgan fingerprint density at radius 1 is 1.39 bits per heavy atom. The van der Waals surface area contributed by atoms with Gasteiger partial charge in [0, 0.05) is 0 Å². The maximum atomic E-state index is 11.4. The maximum absolute atomic E-state index is 11.4. The van der Waals surface area contributed by atoms with Gasteiger partial charge in [-0.05, 0) is 30.7 Å². The molecule has 0 aromatic heterocycles. The first kappa shape index (κ1) is 12.1. The summed E-state index contributed by atoms with van der Waals surface area (Å²) in [5, 5.41) is 3.62. The zero-order chi connectivity index (χ0) is 13.0. The van der Waals surface area contributed by atoms with Crippen LogP contribution in [-0.2, 0) is 9.63 Å². The fourth-order valence-electron chi connectivity index (χ4n) is 1.50. The van der Waals surface area contributed by atoms with Crippen molar-refractivity contribution in [1.82, 2.24) is 0 Å². The Labute approximate surface area is 105 Å². The fraction of sp³-hybridized carbons (Fsp3) is 0.143. The van der Waals surface area contributed by atoms with Crippen LogP contribution in [0.2, 0.25) is 0 Å². The topological polar surface area (TPSA) is 47.9 Å². The van der Waals surface area contributed by atoms with E-state index >= 15 is 0 Å². The SMILES string of the molecule is C=CCOc1ccc(/C=C2/C(=O)ON=C2C)cc1. The molecule has 1 aromatic rings. The summed E-state index contributed by atoms with van der Waals surface area (Å²) in [6.45, 7) is 5.78. The minimum Gasteiger partial charge on any atom is -0.490 e. The first-order valence-corrected chi connectivity index (χ1v) is 5.52. The molecular weight excluding hydrogens is 230 g/mol. The first-order chi connectivity index (χ1) is 8.70. The molecule has 4 heteroatoms. The highest BCUT2D eigenvalue weighted by Gasteiger charge is 2.21. The molecule has 0 radical (unpaired) electrons. The molecule has 0 spiro atoms. The second-order valence-corrected chi connectivity index (χ2v) is 3.78. The lowest BCUT2D eigenvalue weighted by Gasteiger charge is -2.03. The van der Waals surface area contributed by atoms with Crippen LogP contribution in [-0.4, -0.2) is 18.3 Å². The van der Waals surface area contributed by atoms with E-state index in [-0.39, 0.29) is 0 Å². The summed E-state index contributed by atoms with van der Waals surface area (Å²) < 4.78 is 5.37. The second kappa shape index (κ2) is 5.31. The van der Waals surface area contributed by atoms with E-state index in [0.717, 1.165) is 11.3 Å². The monoisotopic (exact) mass is 243 g/mol. The summed E-state index contributed by atoms with van der Waals surface area (Å²) >= 11 is 0. The predicted molar refractivity (Wildman–Crippen MR) is 69.3 cm³/mol. The molecule has 1 aliphatic rings. The summed E-state index contributed by atoms with van der Waals surface area (Å²) in [6, 6.07) is 7.40. The summed E-state index contributed by atoms with van der Waals surface area (Å²) in [5.41, 5.74) is 1.96. The Morgan fingerprint density at radius 3 is 2.67 bits per heavy atom. The lowest BCUT2D eigenvalue weighted by Crippen LogP contribution is -2.01. The molecule has 18 heavy (non-hydrogen) atoms. The Balaban J connectivity index is 2.15. The molecule has 92 valence electrons. The van der Waals surface area contributed by atoms with E-state index in [9.17, 15) is 4.79 Å². The largest absolute Gasteiger partial charge is 0.490 e. The van der Waals surface area contributed by atoms with E-state index in [2.05, 4.69) is 16.6 Å². The van der Waals surface area contributed by atoms with Gasteiger partial charge in [0.2, 0.25) is 0 Å². The first-order valence-electron chi connectivity index (χ1n) is 5.52. The quantitative estimate of drug-likeness (QED) is 0.464. The van der Waals surface area contributed by atoms with Gasteiger partial charge in [0.05, 0.1) is 11.3 Å². The van der Waals surface area contributed by atoms with Gasteiger partial charge in [-0.2, -0.15) is 0 Å². The second-order valence-electron chi connectivity index (χ2n) is 3.78. The summed E-state index contributed by atoms with van der Waals surface area (Å²) in [5.74, 6) is 0.343. The Hall–Kier alpha value is -2.36. The number of carbonyl (C=O) groups excluding carboxylic acids is 1. The van der Waals surface area contributed by atoms with Crippen LogP contribution >= 0.6 is 0 Å². The van der Waals surface area contributed by atoms with Crippen LogP contribution in [0.5, 0.6) is 5.75 Å². The van der Waals surface area contributed by atoms with Gasteiger partial charge < -0.3 is 9.57 Å². The zero-order valence-electron chi connectivity index (χ0n) is 10.1. The number of rotatable bonds is 4. The molecule has 1 aromatic carbocycles. The van der Waals surface area contributed by atoms with Crippen LogP contribution in [0.3, 0.4) is 0 Å². The highest BCUT2D eigenvalue weighted by atomic mass is 16.7. The van der Waals surface area contributed by atoms with Gasteiger partial charge in [-0.3, -0.25) is 0 Å². The number of ether oxygens (including phenoxy) is 1. The average Bonchev–Trinajstić information content (AvgIpc) is 2.70. The molecule has 0 aliphatic carbocycles. The molecule has 0 unspecified atom stereocenters. The van der Waals surface area contributed by atoms with E-state index in [4.69, 9.17) is 4.74 Å². The third-order valence-corrected chi connectivity index (χ3v) is 2.43. The fourth-order valence-corrected chi connectivity index (χ4v) is 1.50. The van der Waals surface area contributed by atoms with Gasteiger partial charge in [0.25, 0.3) is 0 Å². The average molecular weight is 243 g/mol. The van der Waals surface area contributed by atoms with Crippen LogP contribution in [0, 0.1) is 0 Å². The van der Waals surface area contributed by atoms with E-state index in [1.54, 1.807) is 19.1 Å². The summed E-state index contributed by atoms with van der Waals surface area (Å²) in [6.07, 6.45) is 3.43. The molecule has 0 bridgehead atoms. The minimum absolute atomic E-state index is 0.417.